The van der Waals surface area contributed by atoms with E-state index >= 15 is 0 Å². The fourth-order valence-corrected chi connectivity index (χ4v) is 3.52. The van der Waals surface area contributed by atoms with E-state index in [4.69, 9.17) is 0 Å². The van der Waals surface area contributed by atoms with E-state index in [0.29, 0.717) is 15.6 Å². The maximum Gasteiger partial charge on any atom is 0.252 e. The van der Waals surface area contributed by atoms with Gasteiger partial charge in [-0.2, -0.15) is 0 Å². The Hall–Kier alpha value is -0.880. The van der Waals surface area contributed by atoms with Gasteiger partial charge in [0.2, 0.25) is 0 Å². The summed E-state index contributed by atoms with van der Waals surface area (Å²) in [6.07, 6.45) is 1.14. The number of benzene rings is 1. The topological polar surface area (TPSA) is 63.2 Å². The molecular weight excluding hydrogens is 294 g/mol. The Morgan fingerprint density at radius 2 is 2.00 bits per heavy atom. The van der Waals surface area contributed by atoms with Crippen LogP contribution < -0.4 is 5.32 Å². The largest absolute Gasteiger partial charge is 0.345 e. The standard InChI is InChI=1S/C10H10BrNO3S/c1-5-9-7(10(13)12-5)3-6(11)4-8(9)16(2,14)15/h3-5H,1-2H3,(H,12,13). The van der Waals surface area contributed by atoms with Gasteiger partial charge in [0.1, 0.15) is 0 Å². The van der Waals surface area contributed by atoms with E-state index in [0.717, 1.165) is 6.26 Å². The minimum absolute atomic E-state index is 0.211. The second-order valence-electron chi connectivity index (χ2n) is 3.83. The third-order valence-corrected chi connectivity index (χ3v) is 4.13. The molecule has 0 saturated heterocycles. The van der Waals surface area contributed by atoms with Gasteiger partial charge in [0.15, 0.2) is 9.84 Å². The van der Waals surface area contributed by atoms with E-state index in [1.54, 1.807) is 13.0 Å². The highest BCUT2D eigenvalue weighted by atomic mass is 79.9. The van der Waals surface area contributed by atoms with Crippen LogP contribution in [-0.4, -0.2) is 20.6 Å². The molecule has 1 N–H and O–H groups in total. The highest BCUT2D eigenvalue weighted by Gasteiger charge is 2.31. The maximum atomic E-state index is 11.6. The molecule has 1 aliphatic heterocycles. The van der Waals surface area contributed by atoms with Crippen molar-refractivity contribution in [3.63, 3.8) is 0 Å². The summed E-state index contributed by atoms with van der Waals surface area (Å²) in [6.45, 7) is 1.77. The average Bonchev–Trinajstić information content (AvgIpc) is 2.40. The molecule has 0 aliphatic carbocycles. The van der Waals surface area contributed by atoms with Crippen molar-refractivity contribution in [1.82, 2.24) is 5.32 Å². The Morgan fingerprint density at radius 1 is 1.38 bits per heavy atom. The van der Waals surface area contributed by atoms with E-state index in [9.17, 15) is 13.2 Å². The Morgan fingerprint density at radius 3 is 2.56 bits per heavy atom. The van der Waals surface area contributed by atoms with E-state index in [2.05, 4.69) is 21.2 Å². The lowest BCUT2D eigenvalue weighted by Gasteiger charge is -2.09. The minimum Gasteiger partial charge on any atom is -0.345 e. The number of halogens is 1. The van der Waals surface area contributed by atoms with Crippen molar-refractivity contribution < 1.29 is 13.2 Å². The van der Waals surface area contributed by atoms with Crippen LogP contribution in [0.15, 0.2) is 21.5 Å². The summed E-state index contributed by atoms with van der Waals surface area (Å²) in [6, 6.07) is 2.91. The van der Waals surface area contributed by atoms with Crippen LogP contribution in [0.2, 0.25) is 0 Å². The summed E-state index contributed by atoms with van der Waals surface area (Å²) in [5.41, 5.74) is 0.998. The molecule has 16 heavy (non-hydrogen) atoms. The summed E-state index contributed by atoms with van der Waals surface area (Å²) in [4.78, 5) is 11.8. The molecule has 2 rings (SSSR count). The fraction of sp³-hybridized carbons (Fsp3) is 0.300. The highest BCUT2D eigenvalue weighted by Crippen LogP contribution is 2.33. The Bertz CT molecular complexity index is 580. The first kappa shape index (κ1) is 11.6. The molecule has 4 nitrogen and oxygen atoms in total. The van der Waals surface area contributed by atoms with Crippen molar-refractivity contribution in [1.29, 1.82) is 0 Å². The zero-order valence-corrected chi connectivity index (χ0v) is 11.1. The summed E-state index contributed by atoms with van der Waals surface area (Å²) >= 11 is 3.21. The molecule has 1 aromatic carbocycles. The summed E-state index contributed by atoms with van der Waals surface area (Å²) < 4.78 is 23.9. The van der Waals surface area contributed by atoms with Crippen LogP contribution in [0.25, 0.3) is 0 Å². The number of amides is 1. The van der Waals surface area contributed by atoms with Gasteiger partial charge < -0.3 is 5.32 Å². The number of rotatable bonds is 1. The molecule has 1 atom stereocenters. The molecule has 0 spiro atoms. The van der Waals surface area contributed by atoms with Crippen molar-refractivity contribution in [3.8, 4) is 0 Å². The van der Waals surface area contributed by atoms with Gasteiger partial charge in [0.05, 0.1) is 10.9 Å². The van der Waals surface area contributed by atoms with E-state index in [1.165, 1.54) is 6.07 Å². The van der Waals surface area contributed by atoms with Crippen LogP contribution in [0.4, 0.5) is 0 Å². The summed E-state index contributed by atoms with van der Waals surface area (Å²) in [7, 11) is -3.33. The van der Waals surface area contributed by atoms with Gasteiger partial charge in [-0.05, 0) is 19.1 Å². The maximum absolute atomic E-state index is 11.6. The number of nitrogens with one attached hydrogen (secondary N) is 1. The number of hydrogen-bond donors (Lipinski definition) is 1. The minimum atomic E-state index is -3.33. The Balaban J connectivity index is 2.83. The Labute approximate surface area is 102 Å². The quantitative estimate of drug-likeness (QED) is 0.858. The number of fused-ring (bicyclic) bond motifs is 1. The average molecular weight is 304 g/mol. The molecule has 0 aromatic heterocycles. The van der Waals surface area contributed by atoms with E-state index < -0.39 is 9.84 Å². The van der Waals surface area contributed by atoms with Crippen LogP contribution in [0.3, 0.4) is 0 Å². The molecule has 0 saturated carbocycles. The molecule has 1 aliphatic rings. The molecule has 0 radical (unpaired) electrons. The van der Waals surface area contributed by atoms with Gasteiger partial charge in [-0.3, -0.25) is 4.79 Å². The third kappa shape index (κ3) is 1.76. The first-order valence-electron chi connectivity index (χ1n) is 4.65. The van der Waals surface area contributed by atoms with Crippen LogP contribution >= 0.6 is 15.9 Å². The first-order valence-corrected chi connectivity index (χ1v) is 7.33. The van der Waals surface area contributed by atoms with Gasteiger partial charge in [0, 0.05) is 21.9 Å². The lowest BCUT2D eigenvalue weighted by Crippen LogP contribution is -2.16. The van der Waals surface area contributed by atoms with Crippen molar-refractivity contribution in [2.45, 2.75) is 17.9 Å². The zero-order valence-electron chi connectivity index (χ0n) is 8.74. The fourth-order valence-electron chi connectivity index (χ4n) is 1.88. The molecule has 0 bridgehead atoms. The molecule has 0 fully saturated rings. The lowest BCUT2D eigenvalue weighted by molar-refractivity contribution is 0.0958. The smallest absolute Gasteiger partial charge is 0.252 e. The van der Waals surface area contributed by atoms with Crippen molar-refractivity contribution in [2.75, 3.05) is 6.26 Å². The van der Waals surface area contributed by atoms with Crippen LogP contribution in [0.5, 0.6) is 0 Å². The number of hydrogen-bond acceptors (Lipinski definition) is 3. The molecule has 1 heterocycles. The van der Waals surface area contributed by atoms with E-state index in [-0.39, 0.29) is 16.8 Å². The first-order chi connectivity index (χ1) is 7.30. The number of carbonyl (C=O) groups is 1. The second kappa shape index (κ2) is 3.56. The van der Waals surface area contributed by atoms with Crippen molar-refractivity contribution in [2.24, 2.45) is 0 Å². The van der Waals surface area contributed by atoms with Gasteiger partial charge in [-0.15, -0.1) is 0 Å². The molecule has 1 unspecified atom stereocenters. The molecule has 86 valence electrons. The van der Waals surface area contributed by atoms with Crippen LogP contribution in [-0.2, 0) is 9.84 Å². The van der Waals surface area contributed by atoms with Crippen LogP contribution in [0, 0.1) is 0 Å². The lowest BCUT2D eigenvalue weighted by atomic mass is 10.1. The molecule has 6 heteroatoms. The van der Waals surface area contributed by atoms with Crippen LogP contribution in [0.1, 0.15) is 28.9 Å². The Kier molecular flexibility index (Phi) is 2.58. The summed E-state index contributed by atoms with van der Waals surface area (Å²) in [5, 5.41) is 2.70. The predicted molar refractivity (Wildman–Crippen MR) is 63.1 cm³/mol. The molecule has 1 aromatic rings. The highest BCUT2D eigenvalue weighted by molar-refractivity contribution is 9.10. The van der Waals surface area contributed by atoms with Gasteiger partial charge in [0.25, 0.3) is 5.91 Å². The number of sulfone groups is 1. The van der Waals surface area contributed by atoms with Gasteiger partial charge in [-0.1, -0.05) is 15.9 Å². The molecular formula is C10H10BrNO3S. The number of carbonyl (C=O) groups excluding carboxylic acids is 1. The SMILES string of the molecule is CC1NC(=O)c2cc(Br)cc(S(C)(=O)=O)c21. The van der Waals surface area contributed by atoms with E-state index in [1.807, 2.05) is 0 Å². The summed E-state index contributed by atoms with van der Waals surface area (Å²) in [5.74, 6) is -0.228. The normalized spacial score (nSPS) is 19.4. The van der Waals surface area contributed by atoms with Gasteiger partial charge >= 0.3 is 0 Å². The van der Waals surface area contributed by atoms with Gasteiger partial charge in [-0.25, -0.2) is 8.42 Å². The zero-order chi connectivity index (χ0) is 12.1. The van der Waals surface area contributed by atoms with Crippen molar-refractivity contribution in [3.05, 3.63) is 27.7 Å². The third-order valence-electron chi connectivity index (χ3n) is 2.53. The monoisotopic (exact) mass is 303 g/mol. The van der Waals surface area contributed by atoms with Crippen molar-refractivity contribution >= 4 is 31.7 Å². The predicted octanol–water partition coefficient (Wildman–Crippen LogP) is 1.66. The molecule has 1 amide bonds. The second-order valence-corrected chi connectivity index (χ2v) is 6.73.